The van der Waals surface area contributed by atoms with E-state index in [9.17, 15) is 14.9 Å². The molecule has 1 amide bonds. The van der Waals surface area contributed by atoms with E-state index in [0.29, 0.717) is 23.1 Å². The van der Waals surface area contributed by atoms with Crippen molar-refractivity contribution in [3.05, 3.63) is 68.7 Å². The van der Waals surface area contributed by atoms with Crippen LogP contribution in [0.5, 0.6) is 0 Å². The van der Waals surface area contributed by atoms with E-state index in [-0.39, 0.29) is 11.6 Å². The molecule has 0 N–H and O–H groups in total. The van der Waals surface area contributed by atoms with Crippen LogP contribution in [0, 0.1) is 10.1 Å². The van der Waals surface area contributed by atoms with E-state index in [4.69, 9.17) is 0 Å². The van der Waals surface area contributed by atoms with Crippen LogP contribution < -0.4 is 4.90 Å². The topological polar surface area (TPSA) is 66.7 Å². The van der Waals surface area contributed by atoms with Crippen molar-refractivity contribution < 1.29 is 9.72 Å². The SMILES string of the molecule is O=C(c1ccc(Br)c([N+](=O)[O-])c1)N1CCN(c2ccccc2)CC1. The summed E-state index contributed by atoms with van der Waals surface area (Å²) in [6.45, 7) is 2.68. The van der Waals surface area contributed by atoms with Gasteiger partial charge in [0, 0.05) is 43.5 Å². The van der Waals surface area contributed by atoms with Gasteiger partial charge in [0.05, 0.1) is 9.40 Å². The fraction of sp³-hybridized carbons (Fsp3) is 0.235. The second kappa shape index (κ2) is 7.00. The van der Waals surface area contributed by atoms with E-state index in [1.54, 1.807) is 17.0 Å². The smallest absolute Gasteiger partial charge is 0.284 e. The predicted molar refractivity (Wildman–Crippen MR) is 95.4 cm³/mol. The van der Waals surface area contributed by atoms with E-state index in [2.05, 4.69) is 33.0 Å². The molecule has 24 heavy (non-hydrogen) atoms. The largest absolute Gasteiger partial charge is 0.368 e. The summed E-state index contributed by atoms with van der Waals surface area (Å²) >= 11 is 3.14. The maximum Gasteiger partial charge on any atom is 0.284 e. The number of nitrogens with zero attached hydrogens (tertiary/aromatic N) is 3. The van der Waals surface area contributed by atoms with Crippen molar-refractivity contribution in [1.29, 1.82) is 0 Å². The number of halogens is 1. The summed E-state index contributed by atoms with van der Waals surface area (Å²) in [6, 6.07) is 14.6. The predicted octanol–water partition coefficient (Wildman–Crippen LogP) is 3.32. The van der Waals surface area contributed by atoms with Gasteiger partial charge in [-0.25, -0.2) is 0 Å². The van der Waals surface area contributed by atoms with Crippen molar-refractivity contribution in [3.63, 3.8) is 0 Å². The molecule has 7 heteroatoms. The first-order valence-electron chi connectivity index (χ1n) is 7.59. The maximum absolute atomic E-state index is 12.6. The Morgan fingerprint density at radius 3 is 2.33 bits per heavy atom. The third kappa shape index (κ3) is 3.41. The van der Waals surface area contributed by atoms with Gasteiger partial charge in [-0.1, -0.05) is 18.2 Å². The van der Waals surface area contributed by atoms with Crippen molar-refractivity contribution in [2.24, 2.45) is 0 Å². The number of benzene rings is 2. The van der Waals surface area contributed by atoms with Crippen molar-refractivity contribution in [3.8, 4) is 0 Å². The van der Waals surface area contributed by atoms with Crippen LogP contribution in [-0.2, 0) is 0 Å². The van der Waals surface area contributed by atoms with Crippen molar-refractivity contribution in [1.82, 2.24) is 4.90 Å². The van der Waals surface area contributed by atoms with Crippen molar-refractivity contribution in [2.45, 2.75) is 0 Å². The second-order valence-corrected chi connectivity index (χ2v) is 6.39. The van der Waals surface area contributed by atoms with Gasteiger partial charge in [0.1, 0.15) is 0 Å². The number of rotatable bonds is 3. The van der Waals surface area contributed by atoms with Crippen molar-refractivity contribution >= 4 is 33.2 Å². The molecule has 2 aromatic carbocycles. The van der Waals surface area contributed by atoms with E-state index in [0.717, 1.165) is 18.8 Å². The summed E-state index contributed by atoms with van der Waals surface area (Å²) in [5, 5.41) is 11.0. The van der Waals surface area contributed by atoms with Gasteiger partial charge in [-0.2, -0.15) is 0 Å². The lowest BCUT2D eigenvalue weighted by molar-refractivity contribution is -0.385. The fourth-order valence-corrected chi connectivity index (χ4v) is 3.17. The van der Waals surface area contributed by atoms with Crippen LogP contribution in [0.2, 0.25) is 0 Å². The molecule has 3 rings (SSSR count). The minimum absolute atomic E-state index is 0.0937. The van der Waals surface area contributed by atoms with Crippen LogP contribution in [-0.4, -0.2) is 41.9 Å². The van der Waals surface area contributed by atoms with Gasteiger partial charge in [-0.3, -0.25) is 14.9 Å². The molecule has 1 saturated heterocycles. The minimum Gasteiger partial charge on any atom is -0.368 e. The average Bonchev–Trinajstić information content (AvgIpc) is 2.62. The molecule has 1 aliphatic rings. The number of carbonyl (C=O) groups excluding carboxylic acids is 1. The molecule has 2 aromatic rings. The van der Waals surface area contributed by atoms with Crippen LogP contribution in [0.25, 0.3) is 0 Å². The standard InChI is InChI=1S/C17H16BrN3O3/c18-15-7-6-13(12-16(15)21(23)24)17(22)20-10-8-19(9-11-20)14-4-2-1-3-5-14/h1-7,12H,8-11H2. The zero-order chi connectivity index (χ0) is 17.1. The fourth-order valence-electron chi connectivity index (χ4n) is 2.77. The number of hydrogen-bond donors (Lipinski definition) is 0. The average molecular weight is 390 g/mol. The van der Waals surface area contributed by atoms with Crippen LogP contribution in [0.15, 0.2) is 53.0 Å². The highest BCUT2D eigenvalue weighted by atomic mass is 79.9. The molecule has 0 spiro atoms. The molecule has 1 heterocycles. The van der Waals surface area contributed by atoms with Crippen LogP contribution in [0.1, 0.15) is 10.4 Å². The van der Waals surface area contributed by atoms with Gasteiger partial charge >= 0.3 is 0 Å². The third-order valence-corrected chi connectivity index (χ3v) is 4.75. The molecular weight excluding hydrogens is 374 g/mol. The molecular formula is C17H16BrN3O3. The molecule has 0 aliphatic carbocycles. The molecule has 0 unspecified atom stereocenters. The lowest BCUT2D eigenvalue weighted by Crippen LogP contribution is -2.48. The highest BCUT2D eigenvalue weighted by Gasteiger charge is 2.24. The number of nitro benzene ring substituents is 1. The lowest BCUT2D eigenvalue weighted by atomic mass is 10.1. The quantitative estimate of drug-likeness (QED) is 0.596. The zero-order valence-electron chi connectivity index (χ0n) is 12.9. The van der Waals surface area contributed by atoms with E-state index < -0.39 is 4.92 Å². The highest BCUT2D eigenvalue weighted by Crippen LogP contribution is 2.26. The molecule has 0 radical (unpaired) electrons. The summed E-state index contributed by atoms with van der Waals surface area (Å²) in [7, 11) is 0. The minimum atomic E-state index is -0.492. The normalized spacial score (nSPS) is 14.5. The van der Waals surface area contributed by atoms with Gasteiger partial charge in [0.2, 0.25) is 0 Å². The Morgan fingerprint density at radius 1 is 1.04 bits per heavy atom. The first-order valence-corrected chi connectivity index (χ1v) is 8.39. The van der Waals surface area contributed by atoms with Gasteiger partial charge in [-0.05, 0) is 40.2 Å². The Morgan fingerprint density at radius 2 is 1.71 bits per heavy atom. The van der Waals surface area contributed by atoms with Gasteiger partial charge in [-0.15, -0.1) is 0 Å². The van der Waals surface area contributed by atoms with E-state index in [1.807, 2.05) is 18.2 Å². The van der Waals surface area contributed by atoms with Crippen LogP contribution in [0.3, 0.4) is 0 Å². The highest BCUT2D eigenvalue weighted by molar-refractivity contribution is 9.10. The second-order valence-electron chi connectivity index (χ2n) is 5.54. The molecule has 0 atom stereocenters. The first kappa shape index (κ1) is 16.4. The number of carbonyl (C=O) groups is 1. The summed E-state index contributed by atoms with van der Waals surface area (Å²) < 4.78 is 0.373. The zero-order valence-corrected chi connectivity index (χ0v) is 14.5. The number of amides is 1. The first-order chi connectivity index (χ1) is 11.6. The molecule has 1 fully saturated rings. The lowest BCUT2D eigenvalue weighted by Gasteiger charge is -2.36. The number of nitro groups is 1. The van der Waals surface area contributed by atoms with Gasteiger partial charge in [0.15, 0.2) is 0 Å². The third-order valence-electron chi connectivity index (χ3n) is 4.08. The summed E-state index contributed by atoms with van der Waals surface area (Å²) in [5.41, 5.74) is 1.39. The van der Waals surface area contributed by atoms with E-state index >= 15 is 0 Å². The molecule has 0 bridgehead atoms. The van der Waals surface area contributed by atoms with Gasteiger partial charge < -0.3 is 9.80 Å². The molecule has 6 nitrogen and oxygen atoms in total. The van der Waals surface area contributed by atoms with Crippen LogP contribution >= 0.6 is 15.9 Å². The molecule has 0 aromatic heterocycles. The Labute approximate surface area is 148 Å². The molecule has 124 valence electrons. The Hall–Kier alpha value is -2.41. The van der Waals surface area contributed by atoms with E-state index in [1.165, 1.54) is 6.07 Å². The number of anilines is 1. The molecule has 1 aliphatic heterocycles. The summed E-state index contributed by atoms with van der Waals surface area (Å²) in [4.78, 5) is 27.1. The Balaban J connectivity index is 1.69. The van der Waals surface area contributed by atoms with Gasteiger partial charge in [0.25, 0.3) is 11.6 Å². The monoisotopic (exact) mass is 389 g/mol. The number of hydrogen-bond acceptors (Lipinski definition) is 4. The molecule has 0 saturated carbocycles. The summed E-state index contributed by atoms with van der Waals surface area (Å²) in [5.74, 6) is -0.168. The Bertz CT molecular complexity index is 759. The van der Waals surface area contributed by atoms with Crippen molar-refractivity contribution in [2.75, 3.05) is 31.1 Å². The maximum atomic E-state index is 12.6. The number of para-hydroxylation sites is 1. The Kier molecular flexibility index (Phi) is 4.80. The van der Waals surface area contributed by atoms with Crippen LogP contribution in [0.4, 0.5) is 11.4 Å². The number of piperazine rings is 1. The summed E-state index contributed by atoms with van der Waals surface area (Å²) in [6.07, 6.45) is 0.